The van der Waals surface area contributed by atoms with Gasteiger partial charge >= 0.3 is 0 Å². The molecule has 0 aromatic carbocycles. The fourth-order valence-electron chi connectivity index (χ4n) is 1.60. The van der Waals surface area contributed by atoms with Gasteiger partial charge in [0.25, 0.3) is 0 Å². The van der Waals surface area contributed by atoms with Gasteiger partial charge in [0.2, 0.25) is 0 Å². The summed E-state index contributed by atoms with van der Waals surface area (Å²) in [6.07, 6.45) is 4.40. The molecule has 1 aliphatic rings. The van der Waals surface area contributed by atoms with Crippen LogP contribution in [-0.2, 0) is 18.6 Å². The van der Waals surface area contributed by atoms with Crippen molar-refractivity contribution in [3.05, 3.63) is 0 Å². The summed E-state index contributed by atoms with van der Waals surface area (Å²) in [5, 5.41) is 17.6. The van der Waals surface area contributed by atoms with Crippen LogP contribution in [0.5, 0.6) is 0 Å². The van der Waals surface area contributed by atoms with E-state index in [0.717, 1.165) is 25.7 Å². The number of aliphatic hydroxyl groups is 2. The molecule has 0 aliphatic heterocycles. The van der Waals surface area contributed by atoms with Gasteiger partial charge < -0.3 is 10.2 Å². The molecule has 2 nitrogen and oxygen atoms in total. The Labute approximate surface area is 79.9 Å². The second kappa shape index (κ2) is 6.07. The number of hydrogen-bond donors (Lipinski definition) is 2. The van der Waals surface area contributed by atoms with Crippen molar-refractivity contribution in [2.24, 2.45) is 11.8 Å². The fourth-order valence-corrected chi connectivity index (χ4v) is 1.60. The van der Waals surface area contributed by atoms with E-state index < -0.39 is 0 Å². The maximum Gasteiger partial charge on any atom is 0.0459 e. The molecule has 0 spiro atoms. The summed E-state index contributed by atoms with van der Waals surface area (Å²) in [6.45, 7) is 0.663. The first kappa shape index (κ1) is 11.5. The molecule has 0 saturated heterocycles. The van der Waals surface area contributed by atoms with Crippen LogP contribution in [0.1, 0.15) is 25.7 Å². The average molecular weight is 195 g/mol. The molecule has 3 heteroatoms. The summed E-state index contributed by atoms with van der Waals surface area (Å²) >= 11 is 0. The fraction of sp³-hybridized carbons (Fsp3) is 1.00. The zero-order valence-electron chi connectivity index (χ0n) is 6.74. The van der Waals surface area contributed by atoms with Gasteiger partial charge in [-0.25, -0.2) is 0 Å². The van der Waals surface area contributed by atoms with E-state index in [1.165, 1.54) is 0 Å². The second-order valence-corrected chi connectivity index (χ2v) is 3.25. The molecule has 1 aliphatic carbocycles. The molecule has 0 aromatic rings. The zero-order valence-corrected chi connectivity index (χ0v) is 8.14. The predicted molar refractivity (Wildman–Crippen MR) is 39.6 cm³/mol. The molecule has 1 rings (SSSR count). The van der Waals surface area contributed by atoms with Gasteiger partial charge in [-0.1, -0.05) is 0 Å². The van der Waals surface area contributed by atoms with Crippen LogP contribution in [0.3, 0.4) is 0 Å². The van der Waals surface area contributed by atoms with E-state index in [9.17, 15) is 0 Å². The van der Waals surface area contributed by atoms with Crippen molar-refractivity contribution in [2.75, 3.05) is 13.2 Å². The van der Waals surface area contributed by atoms with Crippen molar-refractivity contribution in [2.45, 2.75) is 25.7 Å². The van der Waals surface area contributed by atoms with Gasteiger partial charge in [-0.15, -0.1) is 0 Å². The van der Waals surface area contributed by atoms with Crippen molar-refractivity contribution in [1.82, 2.24) is 0 Å². The number of aliphatic hydroxyl groups excluding tert-OH is 2. The van der Waals surface area contributed by atoms with Gasteiger partial charge in [0.15, 0.2) is 0 Å². The summed E-state index contributed by atoms with van der Waals surface area (Å²) in [6, 6.07) is 0. The van der Waals surface area contributed by atoms with Crippen molar-refractivity contribution >= 4 is 0 Å². The molecule has 2 N–H and O–H groups in total. The molecule has 1 saturated carbocycles. The van der Waals surface area contributed by atoms with E-state index >= 15 is 0 Å². The van der Waals surface area contributed by atoms with Crippen LogP contribution in [0.2, 0.25) is 0 Å². The van der Waals surface area contributed by atoms with Gasteiger partial charge in [0, 0.05) is 31.8 Å². The van der Waals surface area contributed by atoms with E-state index in [1.54, 1.807) is 0 Å². The summed E-state index contributed by atoms with van der Waals surface area (Å²) in [5.74, 6) is 1.03. The summed E-state index contributed by atoms with van der Waals surface area (Å²) in [4.78, 5) is 0. The van der Waals surface area contributed by atoms with Crippen LogP contribution >= 0.6 is 0 Å². The van der Waals surface area contributed by atoms with Gasteiger partial charge in [-0.3, -0.25) is 0 Å². The van der Waals surface area contributed by atoms with E-state index in [1.807, 2.05) is 0 Å². The normalized spacial score (nSPS) is 31.1. The average Bonchev–Trinajstić information content (AvgIpc) is 2.05. The Bertz CT molecular complexity index is 78.1. The predicted octanol–water partition coefficient (Wildman–Crippen LogP) is 0.775. The first-order valence-corrected chi connectivity index (χ1v) is 4.08. The van der Waals surface area contributed by atoms with E-state index in [0.29, 0.717) is 25.0 Å². The molecular formula is C8H16O2V. The van der Waals surface area contributed by atoms with Crippen LogP contribution < -0.4 is 0 Å². The third-order valence-corrected chi connectivity index (χ3v) is 2.48. The van der Waals surface area contributed by atoms with Crippen LogP contribution in [-0.4, -0.2) is 23.4 Å². The molecule has 0 amide bonds. The topological polar surface area (TPSA) is 40.5 Å². The number of rotatable bonds is 2. The second-order valence-electron chi connectivity index (χ2n) is 3.25. The van der Waals surface area contributed by atoms with Crippen LogP contribution in [0.15, 0.2) is 0 Å². The van der Waals surface area contributed by atoms with E-state index in [2.05, 4.69) is 0 Å². The minimum Gasteiger partial charge on any atom is -0.396 e. The Kier molecular flexibility index (Phi) is 6.35. The molecule has 1 fully saturated rings. The quantitative estimate of drug-likeness (QED) is 0.683. The van der Waals surface area contributed by atoms with E-state index in [-0.39, 0.29) is 18.6 Å². The smallest absolute Gasteiger partial charge is 0.0459 e. The van der Waals surface area contributed by atoms with Gasteiger partial charge in [0.1, 0.15) is 0 Å². The minimum absolute atomic E-state index is 0. The maximum atomic E-state index is 8.79. The molecule has 0 atom stereocenters. The number of hydrogen-bond acceptors (Lipinski definition) is 2. The van der Waals surface area contributed by atoms with Crippen molar-refractivity contribution in [3.63, 3.8) is 0 Å². The Morgan fingerprint density at radius 2 is 1.09 bits per heavy atom. The van der Waals surface area contributed by atoms with Crippen LogP contribution in [0, 0.1) is 11.8 Å². The molecule has 0 heterocycles. The Morgan fingerprint density at radius 3 is 1.27 bits per heavy atom. The minimum atomic E-state index is 0. The standard InChI is InChI=1S/C8H16O2.V/c9-5-7-1-2-8(6-10)4-3-7;/h7-10H,1-6H2;. The largest absolute Gasteiger partial charge is 0.396 e. The van der Waals surface area contributed by atoms with Gasteiger partial charge in [-0.05, 0) is 37.5 Å². The van der Waals surface area contributed by atoms with Crippen molar-refractivity contribution in [1.29, 1.82) is 0 Å². The molecule has 1 radical (unpaired) electrons. The molecule has 0 unspecified atom stereocenters. The molecule has 65 valence electrons. The van der Waals surface area contributed by atoms with Crippen LogP contribution in [0.4, 0.5) is 0 Å². The SMILES string of the molecule is OCC1CCC(CO)CC1.[V]. The van der Waals surface area contributed by atoms with Gasteiger partial charge in [-0.2, -0.15) is 0 Å². The molecule has 0 bridgehead atoms. The third kappa shape index (κ3) is 3.61. The first-order chi connectivity index (χ1) is 4.86. The Morgan fingerprint density at radius 1 is 0.818 bits per heavy atom. The monoisotopic (exact) mass is 195 g/mol. The van der Waals surface area contributed by atoms with Crippen molar-refractivity contribution < 1.29 is 28.8 Å². The summed E-state index contributed by atoms with van der Waals surface area (Å²) < 4.78 is 0. The summed E-state index contributed by atoms with van der Waals surface area (Å²) in [7, 11) is 0. The molecule has 11 heavy (non-hydrogen) atoms. The maximum absolute atomic E-state index is 8.79. The van der Waals surface area contributed by atoms with E-state index in [4.69, 9.17) is 10.2 Å². The Balaban J connectivity index is 0.000001000. The Hall–Kier alpha value is 0.504. The summed E-state index contributed by atoms with van der Waals surface area (Å²) in [5.41, 5.74) is 0. The van der Waals surface area contributed by atoms with Crippen molar-refractivity contribution in [3.8, 4) is 0 Å². The third-order valence-electron chi connectivity index (χ3n) is 2.48. The van der Waals surface area contributed by atoms with Crippen LogP contribution in [0.25, 0.3) is 0 Å². The zero-order chi connectivity index (χ0) is 7.40. The first-order valence-electron chi connectivity index (χ1n) is 4.08. The van der Waals surface area contributed by atoms with Gasteiger partial charge in [0.05, 0.1) is 0 Å². The molecular weight excluding hydrogens is 179 g/mol. The molecule has 0 aromatic heterocycles.